The van der Waals surface area contributed by atoms with Gasteiger partial charge in [0.2, 0.25) is 0 Å². The molecule has 3 aromatic carbocycles. The lowest BCUT2D eigenvalue weighted by Gasteiger charge is -2.22. The molecule has 0 aliphatic carbocycles. The van der Waals surface area contributed by atoms with Gasteiger partial charge in [-0.15, -0.1) is 0 Å². The standard InChI is InChI=1S/C23H24N2O4S/c1-17-15-19(23(26)24-16-18-9-12-20(29-3)13-10-18)11-14-22(17)25(2)30(27,28)21-7-5-4-6-8-21/h4-15H,16H2,1-3H3,(H,24,26). The van der Waals surface area contributed by atoms with E-state index in [1.807, 2.05) is 24.3 Å². The zero-order chi connectivity index (χ0) is 21.7. The Kier molecular flexibility index (Phi) is 6.42. The first kappa shape index (κ1) is 21.4. The predicted octanol–water partition coefficient (Wildman–Crippen LogP) is 3.76. The molecule has 7 heteroatoms. The molecule has 1 N–H and O–H groups in total. The fourth-order valence-electron chi connectivity index (χ4n) is 3.06. The van der Waals surface area contributed by atoms with E-state index in [1.165, 1.54) is 11.4 Å². The van der Waals surface area contributed by atoms with Crippen molar-refractivity contribution in [1.29, 1.82) is 0 Å². The van der Waals surface area contributed by atoms with E-state index in [1.54, 1.807) is 62.6 Å². The number of sulfonamides is 1. The third kappa shape index (κ3) is 4.63. The monoisotopic (exact) mass is 424 g/mol. The van der Waals surface area contributed by atoms with Crippen molar-refractivity contribution in [2.45, 2.75) is 18.4 Å². The van der Waals surface area contributed by atoms with Gasteiger partial charge in [-0.25, -0.2) is 8.42 Å². The van der Waals surface area contributed by atoms with Crippen LogP contribution in [-0.2, 0) is 16.6 Å². The van der Waals surface area contributed by atoms with Crippen molar-refractivity contribution in [3.05, 3.63) is 89.5 Å². The van der Waals surface area contributed by atoms with Gasteiger partial charge in [0.1, 0.15) is 5.75 Å². The van der Waals surface area contributed by atoms with Gasteiger partial charge in [-0.2, -0.15) is 0 Å². The number of benzene rings is 3. The van der Waals surface area contributed by atoms with Gasteiger partial charge in [0, 0.05) is 19.2 Å². The molecule has 30 heavy (non-hydrogen) atoms. The van der Waals surface area contributed by atoms with Crippen LogP contribution in [0.5, 0.6) is 5.75 Å². The second-order valence-corrected chi connectivity index (χ2v) is 8.79. The zero-order valence-corrected chi connectivity index (χ0v) is 17.9. The van der Waals surface area contributed by atoms with Crippen molar-refractivity contribution in [1.82, 2.24) is 5.32 Å². The summed E-state index contributed by atoms with van der Waals surface area (Å²) in [4.78, 5) is 12.7. The van der Waals surface area contributed by atoms with E-state index >= 15 is 0 Å². The van der Waals surface area contributed by atoms with Crippen molar-refractivity contribution < 1.29 is 17.9 Å². The Bertz CT molecular complexity index is 1130. The van der Waals surface area contributed by atoms with Gasteiger partial charge in [0.25, 0.3) is 15.9 Å². The Morgan fingerprint density at radius 3 is 2.27 bits per heavy atom. The number of hydrogen-bond acceptors (Lipinski definition) is 4. The molecule has 0 aliphatic heterocycles. The highest BCUT2D eigenvalue weighted by molar-refractivity contribution is 7.92. The summed E-state index contributed by atoms with van der Waals surface area (Å²) in [5.74, 6) is 0.528. The van der Waals surface area contributed by atoms with Gasteiger partial charge in [-0.05, 0) is 60.5 Å². The molecule has 0 saturated carbocycles. The molecule has 6 nitrogen and oxygen atoms in total. The lowest BCUT2D eigenvalue weighted by Crippen LogP contribution is -2.27. The van der Waals surface area contributed by atoms with Gasteiger partial charge in [0.05, 0.1) is 17.7 Å². The van der Waals surface area contributed by atoms with Crippen LogP contribution >= 0.6 is 0 Å². The molecule has 156 valence electrons. The molecule has 0 aliphatic rings. The lowest BCUT2D eigenvalue weighted by molar-refractivity contribution is 0.0951. The first-order valence-electron chi connectivity index (χ1n) is 9.38. The quantitative estimate of drug-likeness (QED) is 0.627. The fourth-order valence-corrected chi connectivity index (χ4v) is 4.34. The smallest absolute Gasteiger partial charge is 0.264 e. The third-order valence-electron chi connectivity index (χ3n) is 4.81. The van der Waals surface area contributed by atoms with E-state index in [-0.39, 0.29) is 10.8 Å². The molecule has 0 spiro atoms. The first-order valence-corrected chi connectivity index (χ1v) is 10.8. The molecule has 3 aromatic rings. The third-order valence-corrected chi connectivity index (χ3v) is 6.60. The SMILES string of the molecule is COc1ccc(CNC(=O)c2ccc(N(C)S(=O)(=O)c3ccccc3)c(C)c2)cc1. The van der Waals surface area contributed by atoms with Gasteiger partial charge in [-0.1, -0.05) is 30.3 Å². The minimum Gasteiger partial charge on any atom is -0.497 e. The number of methoxy groups -OCH3 is 1. The maximum Gasteiger partial charge on any atom is 0.264 e. The summed E-state index contributed by atoms with van der Waals surface area (Å²) in [6.45, 7) is 2.17. The number of nitrogens with zero attached hydrogens (tertiary/aromatic N) is 1. The second-order valence-electron chi connectivity index (χ2n) is 6.82. The minimum atomic E-state index is -3.68. The van der Waals surface area contributed by atoms with Gasteiger partial charge >= 0.3 is 0 Å². The number of anilines is 1. The summed E-state index contributed by atoms with van der Waals surface area (Å²) in [6.07, 6.45) is 0. The number of rotatable bonds is 7. The van der Waals surface area contributed by atoms with Crippen LogP contribution in [0.4, 0.5) is 5.69 Å². The highest BCUT2D eigenvalue weighted by atomic mass is 32.2. The largest absolute Gasteiger partial charge is 0.497 e. The second kappa shape index (κ2) is 9.00. The number of aryl methyl sites for hydroxylation is 1. The fraction of sp³-hybridized carbons (Fsp3) is 0.174. The Morgan fingerprint density at radius 2 is 1.67 bits per heavy atom. The summed E-state index contributed by atoms with van der Waals surface area (Å²) in [5, 5.41) is 2.87. The van der Waals surface area contributed by atoms with E-state index in [0.717, 1.165) is 11.3 Å². The van der Waals surface area contributed by atoms with Crippen molar-refractivity contribution in [2.75, 3.05) is 18.5 Å². The van der Waals surface area contributed by atoms with E-state index in [2.05, 4.69) is 5.32 Å². The number of carbonyl (C=O) groups is 1. The summed E-state index contributed by atoms with van der Waals surface area (Å²) < 4.78 is 32.1. The number of ether oxygens (including phenoxy) is 1. The average Bonchev–Trinajstić information content (AvgIpc) is 2.77. The molecule has 0 heterocycles. The number of amides is 1. The maximum absolute atomic E-state index is 12.8. The van der Waals surface area contributed by atoms with Crippen LogP contribution in [0, 0.1) is 6.92 Å². The highest BCUT2D eigenvalue weighted by Crippen LogP contribution is 2.26. The van der Waals surface area contributed by atoms with Crippen molar-refractivity contribution >= 4 is 21.6 Å². The van der Waals surface area contributed by atoms with Crippen LogP contribution in [0.3, 0.4) is 0 Å². The summed E-state index contributed by atoms with van der Waals surface area (Å²) in [6, 6.07) is 20.7. The minimum absolute atomic E-state index is 0.216. The van der Waals surface area contributed by atoms with Gasteiger partial charge in [-0.3, -0.25) is 9.10 Å². The van der Waals surface area contributed by atoms with Crippen molar-refractivity contribution in [3.63, 3.8) is 0 Å². The normalized spacial score (nSPS) is 11.0. The molecule has 0 aromatic heterocycles. The first-order chi connectivity index (χ1) is 14.3. The molecular weight excluding hydrogens is 400 g/mol. The molecule has 3 rings (SSSR count). The zero-order valence-electron chi connectivity index (χ0n) is 17.1. The van der Waals surface area contributed by atoms with Gasteiger partial charge in [0.15, 0.2) is 0 Å². The van der Waals surface area contributed by atoms with E-state index < -0.39 is 10.0 Å². The molecular formula is C23H24N2O4S. The molecule has 0 bridgehead atoms. The van der Waals surface area contributed by atoms with Crippen LogP contribution in [0.15, 0.2) is 77.7 Å². The summed E-state index contributed by atoms with van der Waals surface area (Å²) in [5.41, 5.74) is 2.63. The number of carbonyl (C=O) groups excluding carboxylic acids is 1. The van der Waals surface area contributed by atoms with Crippen LogP contribution in [0.1, 0.15) is 21.5 Å². The molecule has 0 atom stereocenters. The van der Waals surface area contributed by atoms with Crippen LogP contribution in [-0.4, -0.2) is 28.5 Å². The van der Waals surface area contributed by atoms with Crippen LogP contribution in [0.2, 0.25) is 0 Å². The maximum atomic E-state index is 12.8. The van der Waals surface area contributed by atoms with E-state index in [9.17, 15) is 13.2 Å². The topological polar surface area (TPSA) is 75.7 Å². The Morgan fingerprint density at radius 1 is 1.00 bits per heavy atom. The molecule has 0 saturated heterocycles. The van der Waals surface area contributed by atoms with E-state index in [4.69, 9.17) is 4.74 Å². The lowest BCUT2D eigenvalue weighted by atomic mass is 10.1. The number of hydrogen-bond donors (Lipinski definition) is 1. The highest BCUT2D eigenvalue weighted by Gasteiger charge is 2.22. The Labute approximate surface area is 177 Å². The average molecular weight is 425 g/mol. The van der Waals surface area contributed by atoms with Crippen LogP contribution < -0.4 is 14.4 Å². The number of nitrogens with one attached hydrogen (secondary N) is 1. The predicted molar refractivity (Wildman–Crippen MR) is 117 cm³/mol. The van der Waals surface area contributed by atoms with Crippen LogP contribution in [0.25, 0.3) is 0 Å². The Hall–Kier alpha value is -3.32. The summed E-state index contributed by atoms with van der Waals surface area (Å²) in [7, 11) is -0.567. The van der Waals surface area contributed by atoms with Gasteiger partial charge < -0.3 is 10.1 Å². The molecule has 1 amide bonds. The van der Waals surface area contributed by atoms with Crippen molar-refractivity contribution in [2.24, 2.45) is 0 Å². The molecule has 0 radical (unpaired) electrons. The van der Waals surface area contributed by atoms with E-state index in [0.29, 0.717) is 23.4 Å². The van der Waals surface area contributed by atoms with Crippen molar-refractivity contribution in [3.8, 4) is 5.75 Å². The molecule has 0 fully saturated rings. The Balaban J connectivity index is 1.73. The summed E-state index contributed by atoms with van der Waals surface area (Å²) >= 11 is 0. The molecule has 0 unspecified atom stereocenters.